The number of carbonyl (C=O) groups is 1. The van der Waals surface area contributed by atoms with Gasteiger partial charge >= 0.3 is 0 Å². The maximum absolute atomic E-state index is 11.6. The van der Waals surface area contributed by atoms with Crippen LogP contribution in [0.15, 0.2) is 12.3 Å². The molecule has 0 aliphatic carbocycles. The van der Waals surface area contributed by atoms with Crippen molar-refractivity contribution in [2.75, 3.05) is 0 Å². The molecular weight excluding hydrogens is 164 g/mol. The van der Waals surface area contributed by atoms with Gasteiger partial charge in [0.1, 0.15) is 0 Å². The number of aromatic nitrogens is 2. The predicted molar refractivity (Wildman–Crippen MR) is 51.4 cm³/mol. The number of rotatable bonds is 2. The van der Waals surface area contributed by atoms with Crippen LogP contribution < -0.4 is 0 Å². The summed E-state index contributed by atoms with van der Waals surface area (Å²) in [5.41, 5.74) is 0.668. The highest BCUT2D eigenvalue weighted by atomic mass is 16.1. The maximum atomic E-state index is 11.6. The zero-order valence-corrected chi connectivity index (χ0v) is 8.66. The molecule has 0 bridgehead atoms. The van der Waals surface area contributed by atoms with Crippen molar-refractivity contribution >= 4 is 5.78 Å². The summed E-state index contributed by atoms with van der Waals surface area (Å²) in [6.45, 7) is 8.05. The Kier molecular flexibility index (Phi) is 2.55. The van der Waals surface area contributed by atoms with Gasteiger partial charge in [-0.15, -0.1) is 0 Å². The summed E-state index contributed by atoms with van der Waals surface area (Å²) in [6, 6.07) is 1.90. The van der Waals surface area contributed by atoms with E-state index in [0.717, 1.165) is 5.69 Å². The highest BCUT2D eigenvalue weighted by Gasteiger charge is 2.21. The van der Waals surface area contributed by atoms with Crippen molar-refractivity contribution in [3.05, 3.63) is 18.0 Å². The van der Waals surface area contributed by atoms with Gasteiger partial charge in [-0.05, 0) is 13.0 Å². The van der Waals surface area contributed by atoms with E-state index in [1.165, 1.54) is 0 Å². The van der Waals surface area contributed by atoms with Gasteiger partial charge in [-0.25, -0.2) is 0 Å². The van der Waals surface area contributed by atoms with Crippen LogP contribution >= 0.6 is 0 Å². The molecule has 0 saturated carbocycles. The first-order valence-corrected chi connectivity index (χ1v) is 4.43. The Morgan fingerprint density at radius 2 is 2.15 bits per heavy atom. The fourth-order valence-electron chi connectivity index (χ4n) is 0.936. The molecule has 0 N–H and O–H groups in total. The van der Waals surface area contributed by atoms with Crippen LogP contribution in [0.5, 0.6) is 0 Å². The van der Waals surface area contributed by atoms with Crippen molar-refractivity contribution in [2.24, 2.45) is 5.41 Å². The summed E-state index contributed by atoms with van der Waals surface area (Å²) in [5.74, 6) is 0.204. The molecule has 72 valence electrons. The van der Waals surface area contributed by atoms with E-state index in [1.54, 1.807) is 4.68 Å². The van der Waals surface area contributed by atoms with Crippen LogP contribution in [0.2, 0.25) is 0 Å². The summed E-state index contributed by atoms with van der Waals surface area (Å²) in [7, 11) is 0. The fourth-order valence-corrected chi connectivity index (χ4v) is 0.936. The molecule has 3 nitrogen and oxygen atoms in total. The third kappa shape index (κ3) is 2.68. The van der Waals surface area contributed by atoms with Gasteiger partial charge in [0.2, 0.25) is 0 Å². The lowest BCUT2D eigenvalue weighted by Crippen LogP contribution is -2.25. The minimum Gasteiger partial charge on any atom is -0.297 e. The second-order valence-corrected chi connectivity index (χ2v) is 4.33. The van der Waals surface area contributed by atoms with E-state index < -0.39 is 0 Å². The van der Waals surface area contributed by atoms with Crippen molar-refractivity contribution in [2.45, 2.75) is 34.2 Å². The Balaban J connectivity index is 2.65. The lowest BCUT2D eigenvalue weighted by Gasteiger charge is -2.16. The molecule has 3 heteroatoms. The minimum atomic E-state index is -0.278. The Morgan fingerprint density at radius 3 is 2.54 bits per heavy atom. The maximum Gasteiger partial charge on any atom is 0.159 e. The van der Waals surface area contributed by atoms with Crippen molar-refractivity contribution in [3.8, 4) is 0 Å². The molecule has 1 heterocycles. The van der Waals surface area contributed by atoms with E-state index in [9.17, 15) is 4.79 Å². The highest BCUT2D eigenvalue weighted by molar-refractivity contribution is 5.83. The number of Topliss-reactive ketones (excluding diaryl/α,β-unsaturated/α-hetero) is 1. The first kappa shape index (κ1) is 9.96. The molecule has 1 aromatic heterocycles. The largest absolute Gasteiger partial charge is 0.297 e. The Hall–Kier alpha value is -1.12. The van der Waals surface area contributed by atoms with E-state index in [0.29, 0.717) is 6.54 Å². The summed E-state index contributed by atoms with van der Waals surface area (Å²) >= 11 is 0. The van der Waals surface area contributed by atoms with Gasteiger partial charge in [0, 0.05) is 11.6 Å². The van der Waals surface area contributed by atoms with Crippen LogP contribution in [-0.2, 0) is 11.3 Å². The Morgan fingerprint density at radius 1 is 1.54 bits per heavy atom. The normalized spacial score (nSPS) is 11.7. The first-order valence-electron chi connectivity index (χ1n) is 4.43. The average Bonchev–Trinajstić information content (AvgIpc) is 2.33. The van der Waals surface area contributed by atoms with Gasteiger partial charge in [-0.2, -0.15) is 5.10 Å². The minimum absolute atomic E-state index is 0.204. The molecule has 0 amide bonds. The second kappa shape index (κ2) is 3.32. The number of nitrogens with zero attached hydrogens (tertiary/aromatic N) is 2. The molecule has 0 aliphatic rings. The number of hydrogen-bond donors (Lipinski definition) is 0. The molecule has 0 aromatic carbocycles. The molecule has 0 fully saturated rings. The van der Waals surface area contributed by atoms with E-state index in [-0.39, 0.29) is 11.2 Å². The molecule has 0 saturated heterocycles. The van der Waals surface area contributed by atoms with Crippen LogP contribution in [0, 0.1) is 12.3 Å². The lowest BCUT2D eigenvalue weighted by molar-refractivity contribution is -0.127. The number of ketones is 1. The fraction of sp³-hybridized carbons (Fsp3) is 0.600. The van der Waals surface area contributed by atoms with Crippen molar-refractivity contribution in [3.63, 3.8) is 0 Å². The summed E-state index contributed by atoms with van der Waals surface area (Å²) in [6.07, 6.45) is 1.83. The number of carbonyl (C=O) groups excluding carboxylic acids is 1. The van der Waals surface area contributed by atoms with E-state index >= 15 is 0 Å². The van der Waals surface area contributed by atoms with E-state index in [1.807, 2.05) is 40.0 Å². The van der Waals surface area contributed by atoms with Crippen LogP contribution in [-0.4, -0.2) is 15.6 Å². The summed E-state index contributed by atoms with van der Waals surface area (Å²) < 4.78 is 1.68. The van der Waals surface area contributed by atoms with Gasteiger partial charge in [-0.3, -0.25) is 9.48 Å². The average molecular weight is 180 g/mol. The predicted octanol–water partition coefficient (Wildman–Crippen LogP) is 1.81. The van der Waals surface area contributed by atoms with Crippen molar-refractivity contribution < 1.29 is 4.79 Å². The van der Waals surface area contributed by atoms with Gasteiger partial charge in [0.25, 0.3) is 0 Å². The SMILES string of the molecule is Cc1ccn(CC(=O)C(C)(C)C)n1. The summed E-state index contributed by atoms with van der Waals surface area (Å²) in [5, 5.41) is 4.16. The van der Waals surface area contributed by atoms with Crippen molar-refractivity contribution in [1.82, 2.24) is 9.78 Å². The van der Waals surface area contributed by atoms with Crippen LogP contribution in [0.25, 0.3) is 0 Å². The van der Waals surface area contributed by atoms with Gasteiger partial charge < -0.3 is 0 Å². The Bertz CT molecular complexity index is 307. The molecular formula is C10H16N2O. The third-order valence-corrected chi connectivity index (χ3v) is 1.92. The molecule has 1 rings (SSSR count). The van der Waals surface area contributed by atoms with Crippen LogP contribution in [0.4, 0.5) is 0 Å². The molecule has 0 radical (unpaired) electrons. The van der Waals surface area contributed by atoms with E-state index in [4.69, 9.17) is 0 Å². The topological polar surface area (TPSA) is 34.9 Å². The second-order valence-electron chi connectivity index (χ2n) is 4.33. The van der Waals surface area contributed by atoms with Gasteiger partial charge in [0.05, 0.1) is 12.2 Å². The first-order chi connectivity index (χ1) is 5.89. The summed E-state index contributed by atoms with van der Waals surface area (Å²) in [4.78, 5) is 11.6. The molecule has 0 aliphatic heterocycles. The van der Waals surface area contributed by atoms with Crippen molar-refractivity contribution in [1.29, 1.82) is 0 Å². The molecule has 13 heavy (non-hydrogen) atoms. The molecule has 1 aromatic rings. The smallest absolute Gasteiger partial charge is 0.159 e. The molecule has 0 unspecified atom stereocenters. The Labute approximate surface area is 78.8 Å². The van der Waals surface area contributed by atoms with Gasteiger partial charge in [-0.1, -0.05) is 20.8 Å². The number of aryl methyl sites for hydroxylation is 1. The quantitative estimate of drug-likeness (QED) is 0.695. The molecule has 0 atom stereocenters. The standard InChI is InChI=1S/C10H16N2O/c1-8-5-6-12(11-8)7-9(13)10(2,3)4/h5-6H,7H2,1-4H3. The zero-order valence-electron chi connectivity index (χ0n) is 8.66. The van der Waals surface area contributed by atoms with Gasteiger partial charge in [0.15, 0.2) is 5.78 Å². The highest BCUT2D eigenvalue weighted by Crippen LogP contribution is 2.15. The van der Waals surface area contributed by atoms with Crippen LogP contribution in [0.3, 0.4) is 0 Å². The third-order valence-electron chi connectivity index (χ3n) is 1.92. The zero-order chi connectivity index (χ0) is 10.1. The van der Waals surface area contributed by atoms with Crippen LogP contribution in [0.1, 0.15) is 26.5 Å². The van der Waals surface area contributed by atoms with E-state index in [2.05, 4.69) is 5.10 Å². The molecule has 0 spiro atoms. The lowest BCUT2D eigenvalue weighted by atomic mass is 9.91. The number of hydrogen-bond acceptors (Lipinski definition) is 2. The monoisotopic (exact) mass is 180 g/mol.